The van der Waals surface area contributed by atoms with Crippen LogP contribution in [-0.4, -0.2) is 153 Å². The summed E-state index contributed by atoms with van der Waals surface area (Å²) in [6.07, 6.45) is 0.512. The lowest BCUT2D eigenvalue weighted by Gasteiger charge is -2.19. The van der Waals surface area contributed by atoms with Gasteiger partial charge >= 0.3 is 28.7 Å². The van der Waals surface area contributed by atoms with E-state index >= 15 is 0 Å². The topological polar surface area (TPSA) is 286 Å². The monoisotopic (exact) mass is 1130 g/mol. The maximum Gasteiger partial charge on any atom is 0.442 e. The molecule has 0 aliphatic carbocycles. The molecule has 2 aromatic carbocycles. The third-order valence-electron chi connectivity index (χ3n) is 12.6. The molecule has 78 heavy (non-hydrogen) atoms. The first-order valence-corrected chi connectivity index (χ1v) is 27.3. The van der Waals surface area contributed by atoms with Crippen molar-refractivity contribution in [3.63, 3.8) is 0 Å². The Morgan fingerprint density at radius 2 is 1.53 bits per heavy atom. The number of likely N-dealkylation sites (N-methyl/N-ethyl adjacent to an activating group) is 1. The largest absolute Gasteiger partial charge is 0.494 e. The Labute approximate surface area is 455 Å². The summed E-state index contributed by atoms with van der Waals surface area (Å²) in [6, 6.07) is 13.6. The maximum absolute atomic E-state index is 13.6. The fourth-order valence-electron chi connectivity index (χ4n) is 8.34. The number of thioether (sulfide) groups is 1. The van der Waals surface area contributed by atoms with Crippen molar-refractivity contribution in [1.82, 2.24) is 36.6 Å². The van der Waals surface area contributed by atoms with Crippen molar-refractivity contribution in [2.45, 2.75) is 86.6 Å². The number of aromatic amines is 1. The van der Waals surface area contributed by atoms with E-state index in [9.17, 15) is 47.0 Å². The Morgan fingerprint density at radius 3 is 2.17 bits per heavy atom. The van der Waals surface area contributed by atoms with Crippen LogP contribution >= 0.6 is 23.1 Å². The van der Waals surface area contributed by atoms with E-state index in [1.54, 1.807) is 25.2 Å². The summed E-state index contributed by atoms with van der Waals surface area (Å²) >= 11 is 2.82. The number of ether oxygens (including phenoxy) is 5. The van der Waals surface area contributed by atoms with Crippen molar-refractivity contribution in [1.29, 1.82) is 0 Å². The number of benzene rings is 2. The van der Waals surface area contributed by atoms with E-state index in [2.05, 4.69) is 46.8 Å². The number of hydrogen-bond donors (Lipinski definition) is 7. The lowest BCUT2D eigenvalue weighted by Crippen LogP contribution is -2.48. The lowest BCUT2D eigenvalue weighted by molar-refractivity contribution is -0.166. The van der Waals surface area contributed by atoms with Gasteiger partial charge in [-0.3, -0.25) is 29.0 Å². The van der Waals surface area contributed by atoms with Crippen LogP contribution in [0.5, 0.6) is 17.4 Å². The van der Waals surface area contributed by atoms with Gasteiger partial charge in [-0.2, -0.15) is 24.9 Å². The van der Waals surface area contributed by atoms with Gasteiger partial charge in [-0.05, 0) is 67.6 Å². The molecule has 0 saturated carbocycles. The second-order valence-electron chi connectivity index (χ2n) is 18.4. The van der Waals surface area contributed by atoms with Gasteiger partial charge in [0.2, 0.25) is 17.7 Å². The van der Waals surface area contributed by atoms with Crippen LogP contribution in [0.25, 0.3) is 0 Å². The third kappa shape index (κ3) is 17.6. The predicted molar refractivity (Wildman–Crippen MR) is 281 cm³/mol. The number of H-pyrrole nitrogens is 1. The molecule has 0 radical (unpaired) electrons. The van der Waals surface area contributed by atoms with Crippen LogP contribution in [0.3, 0.4) is 0 Å². The molecule has 4 atom stereocenters. The molecular formula is C51H63F3N10O12S2. The van der Waals surface area contributed by atoms with E-state index in [1.165, 1.54) is 12.3 Å². The number of nitrogens with one attached hydrogen (secondary N) is 6. The normalized spacial score (nSPS) is 17.3. The number of amides is 5. The number of fused-ring (bicyclic) bond motifs is 1. The van der Waals surface area contributed by atoms with Crippen molar-refractivity contribution >= 4 is 58.6 Å². The molecule has 2 aromatic heterocycles. The fraction of sp³-hybridized carbons (Fsp3) is 0.510. The van der Waals surface area contributed by atoms with Crippen LogP contribution in [0.15, 0.2) is 81.9 Å². The van der Waals surface area contributed by atoms with Gasteiger partial charge in [0.05, 0.1) is 62.6 Å². The number of thiazole rings is 1. The Balaban J connectivity index is 0.763. The number of pyridine rings is 1. The van der Waals surface area contributed by atoms with E-state index in [-0.39, 0.29) is 71.4 Å². The molecule has 3 aliphatic rings. The molecule has 5 heterocycles. The summed E-state index contributed by atoms with van der Waals surface area (Å²) in [5, 5.41) is 30.6. The minimum atomic E-state index is -4.77. The van der Waals surface area contributed by atoms with Gasteiger partial charge in [-0.25, -0.2) is 9.78 Å². The van der Waals surface area contributed by atoms with Crippen molar-refractivity contribution in [3.8, 4) is 17.4 Å². The minimum Gasteiger partial charge on any atom is -0.494 e. The number of anilines is 1. The van der Waals surface area contributed by atoms with E-state index in [1.807, 2.05) is 28.8 Å². The molecule has 7 rings (SSSR count). The van der Waals surface area contributed by atoms with Crippen LogP contribution in [-0.2, 0) is 40.7 Å². The quantitative estimate of drug-likeness (QED) is 0.0193. The summed E-state index contributed by atoms with van der Waals surface area (Å²) < 4.78 is 68.8. The zero-order chi connectivity index (χ0) is 55.5. The molecule has 2 saturated heterocycles. The molecule has 422 valence electrons. The number of rotatable bonds is 33. The molecule has 4 aromatic rings. The molecule has 2 fully saturated rings. The number of esters is 1. The Morgan fingerprint density at radius 1 is 0.846 bits per heavy atom. The zero-order valence-corrected chi connectivity index (χ0v) is 44.4. The van der Waals surface area contributed by atoms with E-state index in [4.69, 9.17) is 23.7 Å². The number of alkyl halides is 3. The Kier molecular flexibility index (Phi) is 21.7. The van der Waals surface area contributed by atoms with E-state index in [0.29, 0.717) is 93.5 Å². The molecule has 7 N–H and O–H groups in total. The average molecular weight is 1130 g/mol. The van der Waals surface area contributed by atoms with E-state index in [0.717, 1.165) is 66.2 Å². The molecule has 0 spiro atoms. The average Bonchev–Trinajstić information content (AvgIpc) is 4.08. The molecule has 27 heteroatoms. The van der Waals surface area contributed by atoms with Gasteiger partial charge in [0.1, 0.15) is 30.0 Å². The molecule has 3 aliphatic heterocycles. The summed E-state index contributed by atoms with van der Waals surface area (Å²) in [4.78, 5) is 84.0. The van der Waals surface area contributed by atoms with Gasteiger partial charge in [-0.15, -0.1) is 10.2 Å². The maximum atomic E-state index is 13.6. The highest BCUT2D eigenvalue weighted by Gasteiger charge is 2.65. The number of carbonyl (C=O) groups is 5. The third-order valence-corrected chi connectivity index (χ3v) is 15.0. The SMILES string of the molecule is CN(CCOc1ccc(Cc2sc(=O)[nH]c2O)cc1)c1ccc(OC(=O)C[C@@H](NC(=O)c2ccc(C3(C(F)(F)F)N=N3)cc2)C(=O)NCCCOCCOCCOCCCNC(=O)CCCC[C@@H]2SC[C@@H]3NC(=O)N[C@@H]32)cn1. The first-order valence-electron chi connectivity index (χ1n) is 25.5. The Hall–Kier alpha value is -6.81. The highest BCUT2D eigenvalue weighted by Crippen LogP contribution is 2.52. The minimum absolute atomic E-state index is 0.0112. The van der Waals surface area contributed by atoms with Crippen molar-refractivity contribution in [2.75, 3.05) is 83.6 Å². The van der Waals surface area contributed by atoms with Crippen LogP contribution in [0.4, 0.5) is 23.8 Å². The molecule has 0 bridgehead atoms. The van der Waals surface area contributed by atoms with Gasteiger partial charge in [0, 0.05) is 68.3 Å². The second kappa shape index (κ2) is 28.7. The van der Waals surface area contributed by atoms with Crippen molar-refractivity contribution < 1.29 is 65.9 Å². The number of aromatic nitrogens is 2. The predicted octanol–water partition coefficient (Wildman–Crippen LogP) is 4.71. The number of urea groups is 1. The number of hydrogen-bond acceptors (Lipinski definition) is 18. The van der Waals surface area contributed by atoms with Crippen LogP contribution in [0, 0.1) is 0 Å². The summed E-state index contributed by atoms with van der Waals surface area (Å²) in [6.45, 7) is 3.36. The number of aromatic hydroxyl groups is 1. The van der Waals surface area contributed by atoms with Crippen LogP contribution in [0.2, 0.25) is 0 Å². The first kappa shape index (κ1) is 58.9. The number of nitrogens with zero attached hydrogens (tertiary/aromatic N) is 4. The first-order chi connectivity index (χ1) is 37.6. The van der Waals surface area contributed by atoms with Gasteiger partial charge < -0.3 is 60.3 Å². The second-order valence-corrected chi connectivity index (χ2v) is 20.8. The highest BCUT2D eigenvalue weighted by atomic mass is 32.2. The molecular weight excluding hydrogens is 1070 g/mol. The Bertz CT molecular complexity index is 2710. The fourth-order valence-corrected chi connectivity index (χ4v) is 10.6. The number of halogens is 3. The summed E-state index contributed by atoms with van der Waals surface area (Å²) in [5.74, 6) is -0.436. The smallest absolute Gasteiger partial charge is 0.442 e. The molecule has 5 amide bonds. The van der Waals surface area contributed by atoms with Crippen molar-refractivity contribution in [3.05, 3.63) is 98.1 Å². The molecule has 22 nitrogen and oxygen atoms in total. The highest BCUT2D eigenvalue weighted by molar-refractivity contribution is 8.00. The lowest BCUT2D eigenvalue weighted by atomic mass is 10.0. The van der Waals surface area contributed by atoms with Crippen LogP contribution < -0.4 is 45.8 Å². The van der Waals surface area contributed by atoms with Gasteiger partial charge in [0.25, 0.3) is 5.91 Å². The van der Waals surface area contributed by atoms with E-state index < -0.39 is 42.1 Å². The molecule has 0 unspecified atom stereocenters. The van der Waals surface area contributed by atoms with Gasteiger partial charge in [-0.1, -0.05) is 42.0 Å². The summed E-state index contributed by atoms with van der Waals surface area (Å²) in [7, 11) is 1.79. The van der Waals surface area contributed by atoms with Crippen molar-refractivity contribution in [2.24, 2.45) is 10.2 Å². The number of carbonyl (C=O) groups excluding carboxylic acids is 5. The van der Waals surface area contributed by atoms with Crippen LogP contribution in [0.1, 0.15) is 71.3 Å². The summed E-state index contributed by atoms with van der Waals surface area (Å²) in [5.41, 5.74) is -2.17. The standard InChI is InChI=1S/C51H63F3N10O12S2/c1-64(20-23-75-35-14-8-32(9-15-35)28-40-47(69)61-49(71)78-40)41-17-16-36(30-57-41)76-43(66)29-37(58-45(67)33-10-12-34(13-11-33)50(62-63-50)51(52,53)54)46(68)56-19-5-22-73-25-27-74-26-24-72-21-4-18-55-42(65)7-3-2-6-39-44-38(31-77-39)59-48(70)60-44/h8-17,30,37-39,44,69H,2-7,18-29,31H2,1H3,(H,55,65)(H,56,68)(H,58,67)(H,61,71)(H2,59,60,70)/t37-,38+,39+,44+/m1/s1. The number of unbranched alkanes of at least 4 members (excludes halogenated alkanes) is 1. The zero-order valence-electron chi connectivity index (χ0n) is 42.8. The van der Waals surface area contributed by atoms with Gasteiger partial charge in [0.15, 0.2) is 0 Å².